The van der Waals surface area contributed by atoms with Crippen LogP contribution >= 0.6 is 0 Å². The first-order chi connectivity index (χ1) is 12.9. The summed E-state index contributed by atoms with van der Waals surface area (Å²) in [5, 5.41) is 6.96. The number of fused-ring (bicyclic) bond motifs is 1. The number of carbonyl (C=O) groups is 1. The Balaban J connectivity index is 1.54. The van der Waals surface area contributed by atoms with Gasteiger partial charge in [-0.3, -0.25) is 4.79 Å². The lowest BCUT2D eigenvalue weighted by molar-refractivity contribution is -0.137. The van der Waals surface area contributed by atoms with E-state index in [1.807, 2.05) is 0 Å². The van der Waals surface area contributed by atoms with E-state index in [4.69, 9.17) is 4.74 Å². The van der Waals surface area contributed by atoms with Gasteiger partial charge < -0.3 is 15.0 Å². The number of carbonyl (C=O) groups excluding carboxylic acids is 1. The highest BCUT2D eigenvalue weighted by atomic mass is 19.4. The van der Waals surface area contributed by atoms with Crippen LogP contribution in [0.15, 0.2) is 18.6 Å². The van der Waals surface area contributed by atoms with Gasteiger partial charge in [0, 0.05) is 43.7 Å². The van der Waals surface area contributed by atoms with Crippen molar-refractivity contribution in [2.45, 2.75) is 31.2 Å². The molecule has 0 spiro atoms. The van der Waals surface area contributed by atoms with Gasteiger partial charge in [0.1, 0.15) is 5.69 Å². The maximum absolute atomic E-state index is 12.8. The van der Waals surface area contributed by atoms with Crippen LogP contribution in [0.1, 0.15) is 28.0 Å². The van der Waals surface area contributed by atoms with Crippen molar-refractivity contribution >= 4 is 5.91 Å². The van der Waals surface area contributed by atoms with Gasteiger partial charge in [0.2, 0.25) is 0 Å². The van der Waals surface area contributed by atoms with Crippen LogP contribution in [0.3, 0.4) is 0 Å². The van der Waals surface area contributed by atoms with E-state index in [0.29, 0.717) is 31.5 Å². The van der Waals surface area contributed by atoms with Gasteiger partial charge in [-0.05, 0) is 6.42 Å². The molecular formula is C16H17F3N6O2. The zero-order valence-electron chi connectivity index (χ0n) is 14.4. The summed E-state index contributed by atoms with van der Waals surface area (Å²) >= 11 is 0. The number of ether oxygens (including phenoxy) is 1. The second kappa shape index (κ2) is 6.57. The lowest BCUT2D eigenvalue weighted by Crippen LogP contribution is -2.37. The minimum Gasteiger partial charge on any atom is -0.383 e. The lowest BCUT2D eigenvalue weighted by atomic mass is 10.1. The van der Waals surface area contributed by atoms with Crippen LogP contribution in [0.5, 0.6) is 0 Å². The Morgan fingerprint density at radius 2 is 2.19 bits per heavy atom. The van der Waals surface area contributed by atoms with E-state index < -0.39 is 11.7 Å². The number of nitrogens with zero attached hydrogens (tertiary/aromatic N) is 5. The summed E-state index contributed by atoms with van der Waals surface area (Å²) < 4.78 is 44.3. The Morgan fingerprint density at radius 1 is 1.37 bits per heavy atom. The molecule has 2 aromatic rings. The monoisotopic (exact) mass is 382 g/mol. The van der Waals surface area contributed by atoms with Crippen LogP contribution in [0, 0.1) is 0 Å². The van der Waals surface area contributed by atoms with Gasteiger partial charge in [0.05, 0.1) is 24.9 Å². The van der Waals surface area contributed by atoms with Gasteiger partial charge in [-0.25, -0.2) is 14.6 Å². The van der Waals surface area contributed by atoms with E-state index in [0.717, 1.165) is 17.3 Å². The average Bonchev–Trinajstić information content (AvgIpc) is 3.33. The second-order valence-electron chi connectivity index (χ2n) is 6.60. The Bertz CT molecular complexity index is 868. The summed E-state index contributed by atoms with van der Waals surface area (Å²) in [6.07, 6.45) is -0.767. The van der Waals surface area contributed by atoms with Crippen molar-refractivity contribution in [3.8, 4) is 5.95 Å². The fraction of sp³-hybridized carbons (Fsp3) is 0.500. The van der Waals surface area contributed by atoms with Gasteiger partial charge in [-0.15, -0.1) is 0 Å². The fourth-order valence-electron chi connectivity index (χ4n) is 3.44. The predicted octanol–water partition coefficient (Wildman–Crippen LogP) is 1.01. The quantitative estimate of drug-likeness (QED) is 0.850. The molecule has 4 heterocycles. The molecule has 0 saturated carbocycles. The maximum Gasteiger partial charge on any atom is 0.419 e. The fourth-order valence-corrected chi connectivity index (χ4v) is 3.44. The van der Waals surface area contributed by atoms with Crippen molar-refractivity contribution in [2.24, 2.45) is 0 Å². The normalized spacial score (nSPS) is 22.5. The number of hydrogen-bond donors (Lipinski definition) is 1. The lowest BCUT2D eigenvalue weighted by Gasteiger charge is -2.22. The highest BCUT2D eigenvalue weighted by Gasteiger charge is 2.38. The Hall–Kier alpha value is -2.53. The van der Waals surface area contributed by atoms with E-state index >= 15 is 0 Å². The third-order valence-corrected chi connectivity index (χ3v) is 4.78. The molecule has 1 fully saturated rings. The van der Waals surface area contributed by atoms with E-state index in [1.165, 1.54) is 6.20 Å². The topological polar surface area (TPSA) is 85.2 Å². The smallest absolute Gasteiger partial charge is 0.383 e. The van der Waals surface area contributed by atoms with Gasteiger partial charge >= 0.3 is 6.18 Å². The van der Waals surface area contributed by atoms with Crippen LogP contribution in [-0.4, -0.2) is 62.9 Å². The molecule has 0 bridgehead atoms. The van der Waals surface area contributed by atoms with E-state index in [-0.39, 0.29) is 29.6 Å². The molecule has 2 aliphatic heterocycles. The molecule has 2 aliphatic rings. The molecule has 27 heavy (non-hydrogen) atoms. The molecule has 8 nitrogen and oxygen atoms in total. The van der Waals surface area contributed by atoms with Crippen LogP contribution in [0.25, 0.3) is 5.95 Å². The molecule has 1 N–H and O–H groups in total. The van der Waals surface area contributed by atoms with Crippen LogP contribution in [0.2, 0.25) is 0 Å². The maximum atomic E-state index is 12.8. The minimum absolute atomic E-state index is 0.0110. The predicted molar refractivity (Wildman–Crippen MR) is 86.1 cm³/mol. The summed E-state index contributed by atoms with van der Waals surface area (Å²) in [7, 11) is 1.63. The molecule has 0 radical (unpaired) electrons. The summed E-state index contributed by atoms with van der Waals surface area (Å²) in [5.41, 5.74) is -0.0397. The molecule has 0 aliphatic carbocycles. The average molecular weight is 382 g/mol. The zero-order valence-corrected chi connectivity index (χ0v) is 14.4. The summed E-state index contributed by atoms with van der Waals surface area (Å²) in [6, 6.07) is 0.194. The number of methoxy groups -OCH3 is 1. The Labute approximate surface area is 152 Å². The molecule has 4 rings (SSSR count). The summed E-state index contributed by atoms with van der Waals surface area (Å²) in [6.45, 7) is 1.60. The van der Waals surface area contributed by atoms with Gasteiger partial charge in [0.25, 0.3) is 11.9 Å². The number of hydrogen-bond acceptors (Lipinski definition) is 6. The third kappa shape index (κ3) is 3.28. The molecule has 0 aromatic carbocycles. The molecule has 2 aromatic heterocycles. The SMILES string of the molecule is COC[C@@H]1C[C@@H](N2Cc3cnc(-n4cc(C(F)(F)F)cn4)nc3C2=O)CN1. The van der Waals surface area contributed by atoms with Gasteiger partial charge in [0.15, 0.2) is 0 Å². The molecule has 2 atom stereocenters. The van der Waals surface area contributed by atoms with E-state index in [2.05, 4.69) is 20.4 Å². The Morgan fingerprint density at radius 3 is 2.89 bits per heavy atom. The minimum atomic E-state index is -4.50. The Kier molecular flexibility index (Phi) is 4.35. The first-order valence-electron chi connectivity index (χ1n) is 8.38. The van der Waals surface area contributed by atoms with E-state index in [9.17, 15) is 18.0 Å². The van der Waals surface area contributed by atoms with E-state index in [1.54, 1.807) is 12.0 Å². The van der Waals surface area contributed by atoms with Crippen molar-refractivity contribution in [2.75, 3.05) is 20.3 Å². The molecule has 144 valence electrons. The van der Waals surface area contributed by atoms with Crippen molar-refractivity contribution in [3.63, 3.8) is 0 Å². The highest BCUT2D eigenvalue weighted by molar-refractivity contribution is 5.96. The molecule has 0 unspecified atom stereocenters. The largest absolute Gasteiger partial charge is 0.419 e. The zero-order chi connectivity index (χ0) is 19.2. The third-order valence-electron chi connectivity index (χ3n) is 4.78. The number of rotatable bonds is 4. The number of nitrogens with one attached hydrogen (secondary N) is 1. The second-order valence-corrected chi connectivity index (χ2v) is 6.60. The molecule has 11 heteroatoms. The van der Waals surface area contributed by atoms with Gasteiger partial charge in [-0.1, -0.05) is 0 Å². The van der Waals surface area contributed by atoms with Crippen molar-refractivity contribution in [1.82, 2.24) is 30.0 Å². The molecule has 1 saturated heterocycles. The molecule has 1 amide bonds. The standard InChI is InChI=1S/C16H17F3N6O2/c1-27-8-11-2-12(5-20-11)24-6-9-3-21-15(23-13(9)14(24)26)25-7-10(4-22-25)16(17,18)19/h3-4,7,11-12,20H,2,5-6,8H2,1H3/t11-,12+/m0/s1. The van der Waals surface area contributed by atoms with Crippen molar-refractivity contribution in [1.29, 1.82) is 0 Å². The first-order valence-corrected chi connectivity index (χ1v) is 8.38. The number of halogens is 3. The highest BCUT2D eigenvalue weighted by Crippen LogP contribution is 2.30. The van der Waals surface area contributed by atoms with Crippen LogP contribution < -0.4 is 5.32 Å². The summed E-state index contributed by atoms with van der Waals surface area (Å²) in [5.74, 6) is -0.317. The van der Waals surface area contributed by atoms with Crippen LogP contribution in [-0.2, 0) is 17.5 Å². The first kappa shape index (κ1) is 17.9. The number of alkyl halides is 3. The summed E-state index contributed by atoms with van der Waals surface area (Å²) in [4.78, 5) is 22.7. The molecular weight excluding hydrogens is 365 g/mol. The number of amides is 1. The van der Waals surface area contributed by atoms with Crippen molar-refractivity contribution in [3.05, 3.63) is 35.4 Å². The van der Waals surface area contributed by atoms with Crippen LogP contribution in [0.4, 0.5) is 13.2 Å². The van der Waals surface area contributed by atoms with Gasteiger partial charge in [-0.2, -0.15) is 18.3 Å². The number of aromatic nitrogens is 4. The van der Waals surface area contributed by atoms with Crippen molar-refractivity contribution < 1.29 is 22.7 Å².